The van der Waals surface area contributed by atoms with Crippen LogP contribution in [0.25, 0.3) is 0 Å². The summed E-state index contributed by atoms with van der Waals surface area (Å²) in [5, 5.41) is 16.9. The number of hydrogen-bond donors (Lipinski definition) is 2. The zero-order chi connectivity index (χ0) is 9.94. The monoisotopic (exact) mass is 182 g/mol. The molecule has 0 radical (unpaired) electrons. The lowest BCUT2D eigenvalue weighted by Gasteiger charge is -2.22. The summed E-state index contributed by atoms with van der Waals surface area (Å²) in [6.45, 7) is 2.98. The number of halogens is 2. The third kappa shape index (κ3) is 2.14. The van der Waals surface area contributed by atoms with E-state index in [1.807, 2.05) is 0 Å². The van der Waals surface area contributed by atoms with Crippen molar-refractivity contribution in [2.24, 2.45) is 5.92 Å². The van der Waals surface area contributed by atoms with Gasteiger partial charge in [0.05, 0.1) is 0 Å². The number of alkyl halides is 2. The average Bonchev–Trinajstić information content (AvgIpc) is 2.01. The summed E-state index contributed by atoms with van der Waals surface area (Å²) in [7, 11) is 0. The SMILES string of the molecule is CCC(C)C(O)C(F)(F)C(=O)O. The predicted molar refractivity (Wildman–Crippen MR) is 38.0 cm³/mol. The number of hydrogen-bond acceptors (Lipinski definition) is 2. The molecule has 2 unspecified atom stereocenters. The van der Waals surface area contributed by atoms with Crippen LogP contribution in [0.3, 0.4) is 0 Å². The second-order valence-corrected chi connectivity index (χ2v) is 2.76. The van der Waals surface area contributed by atoms with Crippen LogP contribution in [-0.2, 0) is 4.79 Å². The van der Waals surface area contributed by atoms with Crippen molar-refractivity contribution in [3.8, 4) is 0 Å². The molecule has 0 aliphatic carbocycles. The number of carboxylic acids is 1. The second-order valence-electron chi connectivity index (χ2n) is 2.76. The van der Waals surface area contributed by atoms with Gasteiger partial charge in [-0.3, -0.25) is 0 Å². The lowest BCUT2D eigenvalue weighted by Crippen LogP contribution is -2.44. The number of aliphatic hydroxyl groups excluding tert-OH is 1. The van der Waals surface area contributed by atoms with Crippen molar-refractivity contribution in [3.63, 3.8) is 0 Å². The van der Waals surface area contributed by atoms with Crippen molar-refractivity contribution in [1.29, 1.82) is 0 Å². The Morgan fingerprint density at radius 2 is 2.00 bits per heavy atom. The number of aliphatic hydroxyl groups is 1. The van der Waals surface area contributed by atoms with Gasteiger partial charge in [-0.05, 0) is 5.92 Å². The molecule has 0 saturated heterocycles. The van der Waals surface area contributed by atoms with Crippen LogP contribution in [0.2, 0.25) is 0 Å². The van der Waals surface area contributed by atoms with Gasteiger partial charge in [0.1, 0.15) is 6.10 Å². The zero-order valence-corrected chi connectivity index (χ0v) is 6.92. The number of aliphatic carboxylic acids is 1. The quantitative estimate of drug-likeness (QED) is 0.684. The second kappa shape index (κ2) is 3.80. The molecular weight excluding hydrogens is 170 g/mol. The fourth-order valence-corrected chi connectivity index (χ4v) is 0.707. The van der Waals surface area contributed by atoms with Crippen LogP contribution in [0.4, 0.5) is 8.78 Å². The summed E-state index contributed by atoms with van der Waals surface area (Å²) in [6.07, 6.45) is -1.80. The molecule has 0 heterocycles. The molecule has 2 N–H and O–H groups in total. The molecule has 0 spiro atoms. The van der Waals surface area contributed by atoms with E-state index in [1.165, 1.54) is 6.92 Å². The largest absolute Gasteiger partial charge is 0.477 e. The molecule has 0 aliphatic rings. The van der Waals surface area contributed by atoms with E-state index in [4.69, 9.17) is 10.2 Å². The van der Waals surface area contributed by atoms with E-state index in [9.17, 15) is 13.6 Å². The lowest BCUT2D eigenvalue weighted by molar-refractivity contribution is -0.187. The molecule has 12 heavy (non-hydrogen) atoms. The molecule has 5 heteroatoms. The first-order valence-corrected chi connectivity index (χ1v) is 3.63. The average molecular weight is 182 g/mol. The van der Waals surface area contributed by atoms with E-state index in [0.29, 0.717) is 6.42 Å². The van der Waals surface area contributed by atoms with Gasteiger partial charge in [-0.1, -0.05) is 20.3 Å². The topological polar surface area (TPSA) is 57.5 Å². The van der Waals surface area contributed by atoms with Crippen LogP contribution in [0, 0.1) is 5.92 Å². The van der Waals surface area contributed by atoms with E-state index in [1.54, 1.807) is 6.92 Å². The smallest absolute Gasteiger partial charge is 0.377 e. The Morgan fingerprint density at radius 3 is 2.25 bits per heavy atom. The van der Waals surface area contributed by atoms with Gasteiger partial charge < -0.3 is 10.2 Å². The van der Waals surface area contributed by atoms with Gasteiger partial charge in [-0.25, -0.2) is 4.79 Å². The summed E-state index contributed by atoms with van der Waals surface area (Å²) >= 11 is 0. The third-order valence-corrected chi connectivity index (χ3v) is 1.84. The minimum Gasteiger partial charge on any atom is -0.477 e. The van der Waals surface area contributed by atoms with Gasteiger partial charge in [0.15, 0.2) is 0 Å². The van der Waals surface area contributed by atoms with E-state index in [0.717, 1.165) is 0 Å². The molecule has 3 nitrogen and oxygen atoms in total. The van der Waals surface area contributed by atoms with Gasteiger partial charge >= 0.3 is 11.9 Å². The Morgan fingerprint density at radius 1 is 1.58 bits per heavy atom. The molecule has 0 amide bonds. The Kier molecular flexibility index (Phi) is 3.57. The number of rotatable bonds is 4. The van der Waals surface area contributed by atoms with Crippen LogP contribution in [0.1, 0.15) is 20.3 Å². The summed E-state index contributed by atoms with van der Waals surface area (Å²) in [4.78, 5) is 9.97. The minimum absolute atomic E-state index is 0.310. The first-order valence-electron chi connectivity index (χ1n) is 3.63. The van der Waals surface area contributed by atoms with Crippen molar-refractivity contribution in [1.82, 2.24) is 0 Å². The van der Waals surface area contributed by atoms with Crippen molar-refractivity contribution in [2.75, 3.05) is 0 Å². The maximum Gasteiger partial charge on any atom is 0.377 e. The van der Waals surface area contributed by atoms with Crippen molar-refractivity contribution < 1.29 is 23.8 Å². The van der Waals surface area contributed by atoms with E-state index < -0.39 is 23.9 Å². The Labute approximate surface area is 69.0 Å². The van der Waals surface area contributed by atoms with Crippen LogP contribution in [0.15, 0.2) is 0 Å². The first kappa shape index (κ1) is 11.3. The molecule has 0 rings (SSSR count). The number of carbonyl (C=O) groups is 1. The molecule has 0 aromatic rings. The Balaban J connectivity index is 4.44. The maximum atomic E-state index is 12.5. The van der Waals surface area contributed by atoms with Crippen LogP contribution >= 0.6 is 0 Å². The minimum atomic E-state index is -4.05. The standard InChI is InChI=1S/C7H12F2O3/c1-3-4(2)5(10)7(8,9)6(11)12/h4-5,10H,3H2,1-2H3,(H,11,12). The Hall–Kier alpha value is -0.710. The van der Waals surface area contributed by atoms with E-state index >= 15 is 0 Å². The third-order valence-electron chi connectivity index (χ3n) is 1.84. The van der Waals surface area contributed by atoms with Crippen LogP contribution in [-0.4, -0.2) is 28.2 Å². The van der Waals surface area contributed by atoms with Crippen LogP contribution < -0.4 is 0 Å². The maximum absolute atomic E-state index is 12.5. The first-order chi connectivity index (χ1) is 5.34. The van der Waals surface area contributed by atoms with Gasteiger partial charge in [0, 0.05) is 0 Å². The lowest BCUT2D eigenvalue weighted by atomic mass is 9.97. The molecule has 0 aliphatic heterocycles. The highest BCUT2D eigenvalue weighted by Gasteiger charge is 2.48. The van der Waals surface area contributed by atoms with Gasteiger partial charge in [0.2, 0.25) is 0 Å². The van der Waals surface area contributed by atoms with Crippen molar-refractivity contribution in [2.45, 2.75) is 32.3 Å². The summed E-state index contributed by atoms with van der Waals surface area (Å²) in [5.74, 6) is -7.05. The molecule has 0 aromatic heterocycles. The fraction of sp³-hybridized carbons (Fsp3) is 0.857. The van der Waals surface area contributed by atoms with Gasteiger partial charge in [0.25, 0.3) is 0 Å². The molecule has 0 fully saturated rings. The Bertz CT molecular complexity index is 170. The molecular formula is C7H12F2O3. The van der Waals surface area contributed by atoms with Crippen LogP contribution in [0.5, 0.6) is 0 Å². The van der Waals surface area contributed by atoms with Gasteiger partial charge in [-0.15, -0.1) is 0 Å². The summed E-state index contributed by atoms with van der Waals surface area (Å²) in [6, 6.07) is 0. The van der Waals surface area contributed by atoms with E-state index in [-0.39, 0.29) is 0 Å². The molecule has 2 atom stereocenters. The van der Waals surface area contributed by atoms with Crippen molar-refractivity contribution in [3.05, 3.63) is 0 Å². The van der Waals surface area contributed by atoms with E-state index in [2.05, 4.69) is 0 Å². The molecule has 0 bridgehead atoms. The highest BCUT2D eigenvalue weighted by Crippen LogP contribution is 2.25. The number of carboxylic acid groups (broad SMARTS) is 1. The normalized spacial score (nSPS) is 17.1. The molecule has 0 aromatic carbocycles. The van der Waals surface area contributed by atoms with Crippen molar-refractivity contribution >= 4 is 5.97 Å². The summed E-state index contributed by atoms with van der Waals surface area (Å²) in [5.41, 5.74) is 0. The molecule has 0 saturated carbocycles. The van der Waals surface area contributed by atoms with Gasteiger partial charge in [-0.2, -0.15) is 8.78 Å². The molecule has 72 valence electrons. The highest BCUT2D eigenvalue weighted by atomic mass is 19.3. The highest BCUT2D eigenvalue weighted by molar-refractivity contribution is 5.76. The predicted octanol–water partition coefficient (Wildman–Crippen LogP) is 1.11. The zero-order valence-electron chi connectivity index (χ0n) is 6.92. The fourth-order valence-electron chi connectivity index (χ4n) is 0.707. The summed E-state index contributed by atoms with van der Waals surface area (Å²) < 4.78 is 25.1.